The number of alkyl halides is 1. The van der Waals surface area contributed by atoms with Crippen molar-refractivity contribution >= 4 is 5.91 Å². The molecular weight excluding hydrogens is 121 g/mol. The quantitative estimate of drug-likeness (QED) is 0.553. The van der Waals surface area contributed by atoms with Gasteiger partial charge in [0, 0.05) is 12.4 Å². The zero-order valence-corrected chi connectivity index (χ0v) is 4.75. The van der Waals surface area contributed by atoms with Gasteiger partial charge in [0.05, 0.1) is 0 Å². The van der Waals surface area contributed by atoms with Crippen LogP contribution in [-0.2, 0) is 0 Å². The van der Waals surface area contributed by atoms with Crippen molar-refractivity contribution in [3.63, 3.8) is 0 Å². The molecule has 0 unspecified atom stereocenters. The molecule has 1 rings (SSSR count). The van der Waals surface area contributed by atoms with E-state index >= 15 is 0 Å². The summed E-state index contributed by atoms with van der Waals surface area (Å²) in [5.41, 5.74) is 0. The summed E-state index contributed by atoms with van der Waals surface area (Å²) in [6.45, 7) is -0.936. The number of hydrogen-bond acceptors (Lipinski definition) is 1. The number of carbonyl (C=O) groups is 1. The predicted octanol–water partition coefficient (Wildman–Crippen LogP) is 1.10. The van der Waals surface area contributed by atoms with Crippen LogP contribution in [-0.4, -0.2) is 17.1 Å². The highest BCUT2D eigenvalue weighted by atomic mass is 19.1. The van der Waals surface area contributed by atoms with Gasteiger partial charge in [-0.05, 0) is 12.1 Å². The summed E-state index contributed by atoms with van der Waals surface area (Å²) in [6.07, 6.45) is 3.03. The third-order valence-electron chi connectivity index (χ3n) is 1.01. The second-order valence-corrected chi connectivity index (χ2v) is 1.62. The summed E-state index contributed by atoms with van der Waals surface area (Å²) in [5, 5.41) is 0. The Kier molecular flexibility index (Phi) is 1.63. The van der Waals surface area contributed by atoms with Crippen LogP contribution in [0.5, 0.6) is 0 Å². The van der Waals surface area contributed by atoms with Crippen molar-refractivity contribution in [2.24, 2.45) is 0 Å². The molecule has 2 nitrogen and oxygen atoms in total. The molecule has 0 N–H and O–H groups in total. The van der Waals surface area contributed by atoms with E-state index in [0.717, 1.165) is 0 Å². The molecule has 1 aromatic rings. The van der Waals surface area contributed by atoms with Gasteiger partial charge >= 0.3 is 0 Å². The molecule has 0 saturated heterocycles. The molecule has 1 heterocycles. The molecule has 48 valence electrons. The normalized spacial score (nSPS) is 9.44. The highest BCUT2D eigenvalue weighted by Gasteiger charge is 1.98. The Labute approximate surface area is 51.9 Å². The standard InChI is InChI=1S/C6H6FNO/c7-5-6(9)8-3-1-2-4-8/h1-4H,5H2. The maximum atomic E-state index is 11.6. The third-order valence-corrected chi connectivity index (χ3v) is 1.01. The maximum Gasteiger partial charge on any atom is 0.261 e. The molecular formula is C6H6FNO. The smallest absolute Gasteiger partial charge is 0.261 e. The third kappa shape index (κ3) is 1.16. The van der Waals surface area contributed by atoms with Crippen molar-refractivity contribution in [3.8, 4) is 0 Å². The van der Waals surface area contributed by atoms with Gasteiger partial charge in [0.15, 0.2) is 6.67 Å². The van der Waals surface area contributed by atoms with E-state index in [-0.39, 0.29) is 0 Å². The van der Waals surface area contributed by atoms with Crippen LogP contribution in [0.4, 0.5) is 4.39 Å². The number of aromatic nitrogens is 1. The van der Waals surface area contributed by atoms with Gasteiger partial charge < -0.3 is 0 Å². The van der Waals surface area contributed by atoms with Crippen LogP contribution in [0, 0.1) is 0 Å². The van der Waals surface area contributed by atoms with Crippen molar-refractivity contribution < 1.29 is 9.18 Å². The van der Waals surface area contributed by atoms with E-state index in [1.54, 1.807) is 12.1 Å². The summed E-state index contributed by atoms with van der Waals surface area (Å²) >= 11 is 0. The van der Waals surface area contributed by atoms with E-state index in [1.165, 1.54) is 17.0 Å². The van der Waals surface area contributed by atoms with Crippen LogP contribution < -0.4 is 0 Å². The number of halogens is 1. The van der Waals surface area contributed by atoms with Crippen molar-refractivity contribution in [3.05, 3.63) is 24.5 Å². The molecule has 0 spiro atoms. The van der Waals surface area contributed by atoms with Gasteiger partial charge in [-0.1, -0.05) is 0 Å². The minimum absolute atomic E-state index is 0.528. The summed E-state index contributed by atoms with van der Waals surface area (Å²) in [7, 11) is 0. The lowest BCUT2D eigenvalue weighted by molar-refractivity contribution is 0.0877. The Hall–Kier alpha value is -1.12. The van der Waals surface area contributed by atoms with E-state index in [1.807, 2.05) is 0 Å². The minimum atomic E-state index is -0.936. The molecule has 0 radical (unpaired) electrons. The molecule has 0 aliphatic rings. The summed E-state index contributed by atoms with van der Waals surface area (Å²) in [6, 6.07) is 3.35. The molecule has 0 bridgehead atoms. The second kappa shape index (κ2) is 2.44. The predicted molar refractivity (Wildman–Crippen MR) is 31.0 cm³/mol. The number of nitrogens with zero attached hydrogens (tertiary/aromatic N) is 1. The Bertz CT molecular complexity index is 193. The van der Waals surface area contributed by atoms with Crippen LogP contribution >= 0.6 is 0 Å². The highest BCUT2D eigenvalue weighted by molar-refractivity contribution is 5.79. The Balaban J connectivity index is 2.77. The Morgan fingerprint density at radius 1 is 1.44 bits per heavy atom. The van der Waals surface area contributed by atoms with Crippen molar-refractivity contribution in [1.29, 1.82) is 0 Å². The summed E-state index contributed by atoms with van der Waals surface area (Å²) < 4.78 is 12.8. The molecule has 0 aliphatic heterocycles. The molecule has 1 aromatic heterocycles. The first-order chi connectivity index (χ1) is 4.34. The van der Waals surface area contributed by atoms with Crippen molar-refractivity contribution in [1.82, 2.24) is 4.57 Å². The monoisotopic (exact) mass is 127 g/mol. The van der Waals surface area contributed by atoms with Crippen LogP contribution in [0.3, 0.4) is 0 Å². The van der Waals surface area contributed by atoms with Gasteiger partial charge in [-0.2, -0.15) is 0 Å². The van der Waals surface area contributed by atoms with Gasteiger partial charge in [0.25, 0.3) is 5.91 Å². The largest absolute Gasteiger partial charge is 0.292 e. The molecule has 0 atom stereocenters. The fraction of sp³-hybridized carbons (Fsp3) is 0.167. The molecule has 3 heteroatoms. The van der Waals surface area contributed by atoms with Gasteiger partial charge in [0.2, 0.25) is 0 Å². The van der Waals surface area contributed by atoms with Gasteiger partial charge in [-0.25, -0.2) is 4.39 Å². The zero-order chi connectivity index (χ0) is 6.69. The summed E-state index contributed by atoms with van der Waals surface area (Å²) in [5.74, 6) is -0.528. The second-order valence-electron chi connectivity index (χ2n) is 1.62. The lowest BCUT2D eigenvalue weighted by atomic mass is 10.6. The van der Waals surface area contributed by atoms with Gasteiger partial charge in [0.1, 0.15) is 0 Å². The van der Waals surface area contributed by atoms with Crippen LogP contribution in [0.15, 0.2) is 24.5 Å². The summed E-state index contributed by atoms with van der Waals surface area (Å²) in [4.78, 5) is 10.5. The van der Waals surface area contributed by atoms with Crippen LogP contribution in [0.1, 0.15) is 4.79 Å². The minimum Gasteiger partial charge on any atom is -0.292 e. The Morgan fingerprint density at radius 2 is 2.00 bits per heavy atom. The average molecular weight is 127 g/mol. The van der Waals surface area contributed by atoms with E-state index in [0.29, 0.717) is 0 Å². The fourth-order valence-electron chi connectivity index (χ4n) is 0.570. The topological polar surface area (TPSA) is 22.0 Å². The van der Waals surface area contributed by atoms with E-state index in [2.05, 4.69) is 0 Å². The van der Waals surface area contributed by atoms with E-state index in [9.17, 15) is 9.18 Å². The molecule has 9 heavy (non-hydrogen) atoms. The highest BCUT2D eigenvalue weighted by Crippen LogP contribution is 1.89. The lowest BCUT2D eigenvalue weighted by Gasteiger charge is -1.92. The molecule has 0 aromatic carbocycles. The first-order valence-corrected chi connectivity index (χ1v) is 2.56. The first kappa shape index (κ1) is 6.01. The fourth-order valence-corrected chi connectivity index (χ4v) is 0.570. The molecule has 0 fully saturated rings. The number of hydrogen-bond donors (Lipinski definition) is 0. The molecule has 0 aliphatic carbocycles. The van der Waals surface area contributed by atoms with E-state index < -0.39 is 12.6 Å². The average Bonchev–Trinajstić information content (AvgIpc) is 2.37. The molecule has 0 saturated carbocycles. The van der Waals surface area contributed by atoms with Crippen LogP contribution in [0.2, 0.25) is 0 Å². The zero-order valence-electron chi connectivity index (χ0n) is 4.75. The Morgan fingerprint density at radius 3 is 2.44 bits per heavy atom. The maximum absolute atomic E-state index is 11.6. The number of rotatable bonds is 1. The lowest BCUT2D eigenvalue weighted by Crippen LogP contribution is -2.08. The van der Waals surface area contributed by atoms with E-state index in [4.69, 9.17) is 0 Å². The molecule has 0 amide bonds. The van der Waals surface area contributed by atoms with Crippen LogP contribution in [0.25, 0.3) is 0 Å². The van der Waals surface area contributed by atoms with Crippen molar-refractivity contribution in [2.75, 3.05) is 6.67 Å². The number of carbonyl (C=O) groups excluding carboxylic acids is 1. The SMILES string of the molecule is O=C(CF)n1cccc1. The van der Waals surface area contributed by atoms with Gasteiger partial charge in [-0.3, -0.25) is 9.36 Å². The van der Waals surface area contributed by atoms with Crippen molar-refractivity contribution in [2.45, 2.75) is 0 Å². The first-order valence-electron chi connectivity index (χ1n) is 2.56. The van der Waals surface area contributed by atoms with Gasteiger partial charge in [-0.15, -0.1) is 0 Å².